The van der Waals surface area contributed by atoms with Crippen LogP contribution in [0.1, 0.15) is 5.56 Å². The summed E-state index contributed by atoms with van der Waals surface area (Å²) in [7, 11) is 1.59. The molecule has 0 aliphatic heterocycles. The van der Waals surface area contributed by atoms with Crippen molar-refractivity contribution in [2.45, 2.75) is 6.42 Å². The van der Waals surface area contributed by atoms with Crippen molar-refractivity contribution >= 4 is 22.9 Å². The largest absolute Gasteiger partial charge is 0.496 e. The number of methoxy groups -OCH3 is 1. The van der Waals surface area contributed by atoms with Gasteiger partial charge in [0.15, 0.2) is 0 Å². The lowest BCUT2D eigenvalue weighted by molar-refractivity contribution is -0.115. The molecule has 7 heteroatoms. The molecule has 0 radical (unpaired) electrons. The maximum atomic E-state index is 12.3. The topological polar surface area (TPSA) is 77.2 Å². The third-order valence-corrected chi connectivity index (χ3v) is 4.99. The SMILES string of the molecule is COc1ccccc1CC(=O)Nc1ccc(-c2noc(-c3cccs3)n2)cc1. The van der Waals surface area contributed by atoms with Crippen LogP contribution in [0.25, 0.3) is 22.2 Å². The Hall–Kier alpha value is -3.45. The second kappa shape index (κ2) is 8.06. The van der Waals surface area contributed by atoms with Gasteiger partial charge in [0.1, 0.15) is 5.75 Å². The summed E-state index contributed by atoms with van der Waals surface area (Å²) in [5, 5.41) is 8.88. The number of anilines is 1. The molecular weight excluding hydrogens is 374 g/mol. The number of hydrogen-bond donors (Lipinski definition) is 1. The number of hydrogen-bond acceptors (Lipinski definition) is 6. The van der Waals surface area contributed by atoms with Gasteiger partial charge in [-0.3, -0.25) is 4.79 Å². The molecule has 0 aliphatic carbocycles. The van der Waals surface area contributed by atoms with E-state index < -0.39 is 0 Å². The molecule has 4 aromatic rings. The van der Waals surface area contributed by atoms with Gasteiger partial charge in [-0.1, -0.05) is 29.4 Å². The molecule has 28 heavy (non-hydrogen) atoms. The van der Waals surface area contributed by atoms with E-state index >= 15 is 0 Å². The highest BCUT2D eigenvalue weighted by atomic mass is 32.1. The van der Waals surface area contributed by atoms with E-state index in [1.54, 1.807) is 18.4 Å². The van der Waals surface area contributed by atoms with Crippen LogP contribution in [0.4, 0.5) is 5.69 Å². The lowest BCUT2D eigenvalue weighted by atomic mass is 10.1. The van der Waals surface area contributed by atoms with E-state index in [0.29, 0.717) is 23.2 Å². The Bertz CT molecular complexity index is 1070. The van der Waals surface area contributed by atoms with Crippen LogP contribution in [-0.4, -0.2) is 23.2 Å². The number of nitrogens with one attached hydrogen (secondary N) is 1. The molecule has 0 saturated carbocycles. The quantitative estimate of drug-likeness (QED) is 0.517. The van der Waals surface area contributed by atoms with Crippen LogP contribution in [-0.2, 0) is 11.2 Å². The van der Waals surface area contributed by atoms with Gasteiger partial charge in [0.25, 0.3) is 5.89 Å². The summed E-state index contributed by atoms with van der Waals surface area (Å²) in [6.07, 6.45) is 0.237. The molecule has 6 nitrogen and oxygen atoms in total. The Morgan fingerprint density at radius 2 is 1.93 bits per heavy atom. The van der Waals surface area contributed by atoms with E-state index in [9.17, 15) is 4.79 Å². The third-order valence-electron chi connectivity index (χ3n) is 4.13. The lowest BCUT2D eigenvalue weighted by Gasteiger charge is -2.09. The first-order chi connectivity index (χ1) is 13.7. The number of nitrogens with zero attached hydrogens (tertiary/aromatic N) is 2. The molecule has 0 atom stereocenters. The van der Waals surface area contributed by atoms with Gasteiger partial charge >= 0.3 is 0 Å². The fourth-order valence-corrected chi connectivity index (χ4v) is 3.42. The zero-order valence-electron chi connectivity index (χ0n) is 15.1. The molecule has 2 aromatic carbocycles. The van der Waals surface area contributed by atoms with Crippen LogP contribution in [0.15, 0.2) is 70.6 Å². The highest BCUT2D eigenvalue weighted by Gasteiger charge is 2.12. The molecule has 1 amide bonds. The molecule has 0 saturated heterocycles. The smallest absolute Gasteiger partial charge is 0.268 e. The number of ether oxygens (including phenoxy) is 1. The molecule has 2 heterocycles. The Morgan fingerprint density at radius 1 is 1.11 bits per heavy atom. The van der Waals surface area contributed by atoms with E-state index in [4.69, 9.17) is 9.26 Å². The summed E-state index contributed by atoms with van der Waals surface area (Å²) in [5.41, 5.74) is 2.35. The highest BCUT2D eigenvalue weighted by Crippen LogP contribution is 2.26. The number of rotatable bonds is 6. The van der Waals surface area contributed by atoms with Gasteiger partial charge in [-0.05, 0) is 41.8 Å². The van der Waals surface area contributed by atoms with E-state index in [1.165, 1.54) is 0 Å². The molecule has 4 rings (SSSR count). The van der Waals surface area contributed by atoms with E-state index in [2.05, 4.69) is 15.5 Å². The van der Waals surface area contributed by atoms with Crippen LogP contribution in [0.5, 0.6) is 5.75 Å². The lowest BCUT2D eigenvalue weighted by Crippen LogP contribution is -2.14. The second-order valence-corrected chi connectivity index (χ2v) is 6.96. The fourth-order valence-electron chi connectivity index (χ4n) is 2.77. The maximum Gasteiger partial charge on any atom is 0.268 e. The van der Waals surface area contributed by atoms with Crippen molar-refractivity contribution in [2.75, 3.05) is 12.4 Å². The van der Waals surface area contributed by atoms with Crippen LogP contribution in [0, 0.1) is 0 Å². The minimum atomic E-state index is -0.114. The molecule has 1 N–H and O–H groups in total. The first-order valence-electron chi connectivity index (χ1n) is 8.63. The van der Waals surface area contributed by atoms with Crippen LogP contribution >= 0.6 is 11.3 Å². The maximum absolute atomic E-state index is 12.3. The number of thiophene rings is 1. The summed E-state index contributed by atoms with van der Waals surface area (Å²) in [6, 6.07) is 18.7. The first-order valence-corrected chi connectivity index (χ1v) is 9.50. The Labute approximate surface area is 165 Å². The van der Waals surface area contributed by atoms with Gasteiger partial charge in [-0.15, -0.1) is 11.3 Å². The number of carbonyl (C=O) groups is 1. The van der Waals surface area contributed by atoms with Gasteiger partial charge in [0, 0.05) is 16.8 Å². The summed E-state index contributed by atoms with van der Waals surface area (Å²) < 4.78 is 10.6. The number of aromatic nitrogens is 2. The molecule has 0 spiro atoms. The van der Waals surface area contributed by atoms with Crippen molar-refractivity contribution in [1.82, 2.24) is 10.1 Å². The third kappa shape index (κ3) is 3.94. The molecular formula is C21H17N3O3S. The second-order valence-electron chi connectivity index (χ2n) is 6.01. The van der Waals surface area contributed by atoms with Crippen molar-refractivity contribution in [3.63, 3.8) is 0 Å². The van der Waals surface area contributed by atoms with E-state index in [0.717, 1.165) is 16.0 Å². The minimum Gasteiger partial charge on any atom is -0.496 e. The predicted molar refractivity (Wildman–Crippen MR) is 108 cm³/mol. The zero-order chi connectivity index (χ0) is 19.3. The van der Waals surface area contributed by atoms with E-state index in [1.807, 2.05) is 66.0 Å². The van der Waals surface area contributed by atoms with Crippen molar-refractivity contribution in [3.8, 4) is 27.9 Å². The fraction of sp³-hybridized carbons (Fsp3) is 0.0952. The first kappa shape index (κ1) is 17.9. The number of amides is 1. The standard InChI is InChI=1S/C21H17N3O3S/c1-26-17-6-3-2-5-15(17)13-19(25)22-16-10-8-14(9-11-16)20-23-21(27-24-20)18-7-4-12-28-18/h2-12H,13H2,1H3,(H,22,25). The van der Waals surface area contributed by atoms with Gasteiger partial charge in [-0.25, -0.2) is 0 Å². The monoisotopic (exact) mass is 391 g/mol. The van der Waals surface area contributed by atoms with Crippen molar-refractivity contribution in [1.29, 1.82) is 0 Å². The van der Waals surface area contributed by atoms with Crippen LogP contribution in [0.3, 0.4) is 0 Å². The molecule has 2 aromatic heterocycles. The number of benzene rings is 2. The van der Waals surface area contributed by atoms with Gasteiger partial charge in [0.05, 0.1) is 18.4 Å². The summed E-state index contributed by atoms with van der Waals surface area (Å²) in [5.74, 6) is 1.60. The van der Waals surface area contributed by atoms with Crippen LogP contribution < -0.4 is 10.1 Å². The van der Waals surface area contributed by atoms with Gasteiger partial charge in [-0.2, -0.15) is 4.98 Å². The van der Waals surface area contributed by atoms with Crippen molar-refractivity contribution in [3.05, 3.63) is 71.6 Å². The van der Waals surface area contributed by atoms with Gasteiger partial charge < -0.3 is 14.6 Å². The Balaban J connectivity index is 1.43. The summed E-state index contributed by atoms with van der Waals surface area (Å²) in [6.45, 7) is 0. The van der Waals surface area contributed by atoms with Gasteiger partial charge in [0.2, 0.25) is 11.7 Å². The normalized spacial score (nSPS) is 10.6. The van der Waals surface area contributed by atoms with Crippen molar-refractivity contribution in [2.24, 2.45) is 0 Å². The van der Waals surface area contributed by atoms with Crippen molar-refractivity contribution < 1.29 is 14.1 Å². The molecule has 0 unspecified atom stereocenters. The predicted octanol–water partition coefficient (Wildman–Crippen LogP) is 4.65. The molecule has 0 bridgehead atoms. The average Bonchev–Trinajstić information content (AvgIpc) is 3.41. The van der Waals surface area contributed by atoms with E-state index in [-0.39, 0.29) is 12.3 Å². The highest BCUT2D eigenvalue weighted by molar-refractivity contribution is 7.13. The summed E-state index contributed by atoms with van der Waals surface area (Å²) in [4.78, 5) is 17.7. The molecule has 0 fully saturated rings. The molecule has 0 aliphatic rings. The Morgan fingerprint density at radius 3 is 2.68 bits per heavy atom. The zero-order valence-corrected chi connectivity index (χ0v) is 15.9. The average molecular weight is 391 g/mol. The summed E-state index contributed by atoms with van der Waals surface area (Å²) >= 11 is 1.54. The molecule has 140 valence electrons. The number of para-hydroxylation sites is 1. The minimum absolute atomic E-state index is 0.114. The number of carbonyl (C=O) groups excluding carboxylic acids is 1. The van der Waals surface area contributed by atoms with Crippen LogP contribution in [0.2, 0.25) is 0 Å². The Kier molecular flexibility index (Phi) is 5.16.